The Kier molecular flexibility index (Phi) is 4.83. The number of rotatable bonds is 4. The van der Waals surface area contributed by atoms with Crippen LogP contribution in [0.5, 0.6) is 0 Å². The molecule has 1 aliphatic heterocycles. The molecule has 1 aliphatic rings. The van der Waals surface area contributed by atoms with Crippen LogP contribution in [0.3, 0.4) is 0 Å². The molecule has 0 spiro atoms. The first kappa shape index (κ1) is 15.5. The number of nitrogens with zero attached hydrogens (tertiary/aromatic N) is 1. The minimum atomic E-state index is -3.39. The molecular formula is C15H24N2O2S. The molecule has 0 bridgehead atoms. The van der Waals surface area contributed by atoms with Gasteiger partial charge in [-0.25, -0.2) is 8.42 Å². The summed E-state index contributed by atoms with van der Waals surface area (Å²) in [6.07, 6.45) is 2.76. The quantitative estimate of drug-likeness (QED) is 0.925. The van der Waals surface area contributed by atoms with Crippen molar-refractivity contribution in [1.82, 2.24) is 4.31 Å². The van der Waals surface area contributed by atoms with Crippen LogP contribution in [0.25, 0.3) is 0 Å². The number of benzene rings is 1. The van der Waals surface area contributed by atoms with Crippen molar-refractivity contribution in [2.24, 2.45) is 11.7 Å². The van der Waals surface area contributed by atoms with Gasteiger partial charge in [-0.2, -0.15) is 4.31 Å². The van der Waals surface area contributed by atoms with Gasteiger partial charge in [-0.05, 0) is 42.4 Å². The molecule has 1 saturated heterocycles. The molecule has 1 atom stereocenters. The summed E-state index contributed by atoms with van der Waals surface area (Å²) in [6, 6.07) is 5.55. The molecule has 1 aromatic carbocycles. The molecule has 1 heterocycles. The van der Waals surface area contributed by atoms with Crippen LogP contribution in [0.15, 0.2) is 23.1 Å². The molecule has 20 heavy (non-hydrogen) atoms. The molecule has 112 valence electrons. The number of piperidine rings is 1. The highest BCUT2D eigenvalue weighted by molar-refractivity contribution is 7.89. The van der Waals surface area contributed by atoms with Crippen LogP contribution in [-0.2, 0) is 23.0 Å². The first-order valence-electron chi connectivity index (χ1n) is 7.31. The van der Waals surface area contributed by atoms with Crippen LogP contribution in [0.2, 0.25) is 0 Å². The van der Waals surface area contributed by atoms with Gasteiger partial charge < -0.3 is 5.73 Å². The predicted molar refractivity (Wildman–Crippen MR) is 80.9 cm³/mol. The highest BCUT2D eigenvalue weighted by Crippen LogP contribution is 2.26. The van der Waals surface area contributed by atoms with Crippen molar-refractivity contribution in [2.75, 3.05) is 13.1 Å². The van der Waals surface area contributed by atoms with E-state index in [2.05, 4.69) is 6.92 Å². The minimum absolute atomic E-state index is 0.364. The Morgan fingerprint density at radius 2 is 2.15 bits per heavy atom. The fraction of sp³-hybridized carbons (Fsp3) is 0.600. The van der Waals surface area contributed by atoms with Gasteiger partial charge in [0, 0.05) is 19.6 Å². The van der Waals surface area contributed by atoms with Gasteiger partial charge in [-0.3, -0.25) is 0 Å². The molecule has 0 aromatic heterocycles. The molecule has 0 saturated carbocycles. The van der Waals surface area contributed by atoms with E-state index in [-0.39, 0.29) is 0 Å². The first-order chi connectivity index (χ1) is 9.48. The molecule has 5 heteroatoms. The number of hydrogen-bond acceptors (Lipinski definition) is 3. The maximum Gasteiger partial charge on any atom is 0.243 e. The predicted octanol–water partition coefficient (Wildman–Crippen LogP) is 2.13. The van der Waals surface area contributed by atoms with Crippen LogP contribution >= 0.6 is 0 Å². The summed E-state index contributed by atoms with van der Waals surface area (Å²) in [5.41, 5.74) is 7.39. The van der Waals surface area contributed by atoms with Gasteiger partial charge >= 0.3 is 0 Å². The average molecular weight is 296 g/mol. The minimum Gasteiger partial charge on any atom is -0.326 e. The second-order valence-corrected chi connectivity index (χ2v) is 7.52. The Labute approximate surface area is 122 Å². The smallest absolute Gasteiger partial charge is 0.243 e. The zero-order valence-electron chi connectivity index (χ0n) is 12.3. The van der Waals surface area contributed by atoms with Crippen molar-refractivity contribution in [3.05, 3.63) is 29.3 Å². The van der Waals surface area contributed by atoms with Crippen molar-refractivity contribution in [2.45, 2.75) is 44.6 Å². The fourth-order valence-corrected chi connectivity index (χ4v) is 4.70. The van der Waals surface area contributed by atoms with Gasteiger partial charge in [0.05, 0.1) is 4.90 Å². The summed E-state index contributed by atoms with van der Waals surface area (Å²) in [7, 11) is -3.39. The van der Waals surface area contributed by atoms with E-state index in [1.165, 1.54) is 0 Å². The molecule has 4 nitrogen and oxygen atoms in total. The van der Waals surface area contributed by atoms with Gasteiger partial charge in [0.25, 0.3) is 0 Å². The Hall–Kier alpha value is -0.910. The first-order valence-corrected chi connectivity index (χ1v) is 8.75. The third kappa shape index (κ3) is 3.05. The third-order valence-corrected chi connectivity index (χ3v) is 5.93. The van der Waals surface area contributed by atoms with E-state index >= 15 is 0 Å². The van der Waals surface area contributed by atoms with Crippen LogP contribution < -0.4 is 5.73 Å². The zero-order valence-corrected chi connectivity index (χ0v) is 13.1. The highest BCUT2D eigenvalue weighted by atomic mass is 32.2. The topological polar surface area (TPSA) is 63.4 Å². The van der Waals surface area contributed by atoms with Crippen molar-refractivity contribution >= 4 is 10.0 Å². The van der Waals surface area contributed by atoms with Crippen molar-refractivity contribution in [3.63, 3.8) is 0 Å². The van der Waals surface area contributed by atoms with E-state index < -0.39 is 10.0 Å². The lowest BCUT2D eigenvalue weighted by Crippen LogP contribution is -2.39. The molecule has 2 N–H and O–H groups in total. The fourth-order valence-electron chi connectivity index (χ4n) is 2.76. The van der Waals surface area contributed by atoms with E-state index in [0.717, 1.165) is 24.0 Å². The Balaban J connectivity index is 2.42. The number of sulfonamides is 1. The second-order valence-electron chi connectivity index (χ2n) is 5.61. The van der Waals surface area contributed by atoms with Gasteiger partial charge in [-0.15, -0.1) is 0 Å². The number of hydrogen-bond donors (Lipinski definition) is 1. The monoisotopic (exact) mass is 296 g/mol. The van der Waals surface area contributed by atoms with E-state index in [9.17, 15) is 8.42 Å². The SMILES string of the molecule is CCc1ccc(CN)cc1S(=O)(=O)N1CCCC(C)C1. The Morgan fingerprint density at radius 3 is 2.75 bits per heavy atom. The van der Waals surface area contributed by atoms with Gasteiger partial charge in [0.1, 0.15) is 0 Å². The molecule has 1 unspecified atom stereocenters. The number of aryl methyl sites for hydroxylation is 1. The highest BCUT2D eigenvalue weighted by Gasteiger charge is 2.30. The van der Waals surface area contributed by atoms with Crippen molar-refractivity contribution < 1.29 is 8.42 Å². The maximum absolute atomic E-state index is 12.9. The lowest BCUT2D eigenvalue weighted by Gasteiger charge is -2.30. The summed E-state index contributed by atoms with van der Waals surface area (Å²) >= 11 is 0. The van der Waals surface area contributed by atoms with E-state index in [0.29, 0.717) is 36.9 Å². The second kappa shape index (κ2) is 6.24. The molecule has 1 aromatic rings. The van der Waals surface area contributed by atoms with E-state index in [4.69, 9.17) is 5.73 Å². The van der Waals surface area contributed by atoms with Crippen molar-refractivity contribution in [1.29, 1.82) is 0 Å². The molecule has 0 aliphatic carbocycles. The van der Waals surface area contributed by atoms with Crippen LogP contribution in [0.1, 0.15) is 37.8 Å². The van der Waals surface area contributed by atoms with Gasteiger partial charge in [-0.1, -0.05) is 26.0 Å². The van der Waals surface area contributed by atoms with Gasteiger partial charge in [0.2, 0.25) is 10.0 Å². The van der Waals surface area contributed by atoms with Crippen LogP contribution in [0.4, 0.5) is 0 Å². The molecule has 1 fully saturated rings. The lowest BCUT2D eigenvalue weighted by molar-refractivity contribution is 0.281. The summed E-state index contributed by atoms with van der Waals surface area (Å²) in [5.74, 6) is 0.432. The van der Waals surface area contributed by atoms with Crippen LogP contribution in [0, 0.1) is 5.92 Å². The lowest BCUT2D eigenvalue weighted by atomic mass is 10.0. The summed E-state index contributed by atoms with van der Waals surface area (Å²) in [4.78, 5) is 0.442. The van der Waals surface area contributed by atoms with E-state index in [1.54, 1.807) is 10.4 Å². The standard InChI is InChI=1S/C15H24N2O2S/c1-3-14-7-6-13(10-16)9-15(14)20(18,19)17-8-4-5-12(2)11-17/h6-7,9,12H,3-5,8,10-11,16H2,1-2H3. The zero-order chi connectivity index (χ0) is 14.8. The summed E-state index contributed by atoms with van der Waals surface area (Å²) in [6.45, 7) is 5.71. The summed E-state index contributed by atoms with van der Waals surface area (Å²) in [5, 5.41) is 0. The molecule has 0 amide bonds. The molecule has 0 radical (unpaired) electrons. The van der Waals surface area contributed by atoms with Crippen LogP contribution in [-0.4, -0.2) is 25.8 Å². The Bertz CT molecular complexity index is 569. The normalized spacial score (nSPS) is 21.1. The maximum atomic E-state index is 12.9. The van der Waals surface area contributed by atoms with Crippen molar-refractivity contribution in [3.8, 4) is 0 Å². The third-order valence-electron chi connectivity index (χ3n) is 3.99. The average Bonchev–Trinajstić information content (AvgIpc) is 2.46. The summed E-state index contributed by atoms with van der Waals surface area (Å²) < 4.78 is 27.4. The largest absolute Gasteiger partial charge is 0.326 e. The molecular weight excluding hydrogens is 272 g/mol. The Morgan fingerprint density at radius 1 is 1.40 bits per heavy atom. The van der Waals surface area contributed by atoms with E-state index in [1.807, 2.05) is 19.1 Å². The molecule has 2 rings (SSSR count). The van der Waals surface area contributed by atoms with Gasteiger partial charge in [0.15, 0.2) is 0 Å². The number of nitrogens with two attached hydrogens (primary N) is 1.